The summed E-state index contributed by atoms with van der Waals surface area (Å²) >= 11 is 0. The van der Waals surface area contributed by atoms with E-state index in [0.717, 1.165) is 43.8 Å². The van der Waals surface area contributed by atoms with E-state index in [-0.39, 0.29) is 6.10 Å². The molecular formula is C19H31N3O4. The van der Waals surface area contributed by atoms with Crippen molar-refractivity contribution in [1.82, 2.24) is 10.6 Å². The molecule has 26 heavy (non-hydrogen) atoms. The zero-order valence-corrected chi connectivity index (χ0v) is 16.2. The predicted octanol–water partition coefficient (Wildman–Crippen LogP) is 2.07. The Morgan fingerprint density at radius 1 is 1.08 bits per heavy atom. The van der Waals surface area contributed by atoms with Crippen LogP contribution in [0, 0.1) is 0 Å². The molecular weight excluding hydrogens is 334 g/mol. The fourth-order valence-corrected chi connectivity index (χ4v) is 3.13. The first kappa shape index (κ1) is 20.2. The van der Waals surface area contributed by atoms with Crippen LogP contribution in [0.15, 0.2) is 17.1 Å². The Kier molecular flexibility index (Phi) is 7.84. The van der Waals surface area contributed by atoms with Crippen molar-refractivity contribution in [3.8, 4) is 17.2 Å². The third-order valence-electron chi connectivity index (χ3n) is 4.53. The topological polar surface area (TPSA) is 84.3 Å². The Labute approximate surface area is 155 Å². The molecule has 1 fully saturated rings. The lowest BCUT2D eigenvalue weighted by atomic mass is 9.93. The molecule has 146 valence electrons. The highest BCUT2D eigenvalue weighted by atomic mass is 16.5. The number of aliphatic imine (C=N–C) groups is 1. The van der Waals surface area contributed by atoms with Crippen LogP contribution in [0.2, 0.25) is 0 Å². The monoisotopic (exact) mass is 365 g/mol. The highest BCUT2D eigenvalue weighted by Crippen LogP contribution is 2.38. The van der Waals surface area contributed by atoms with Crippen LogP contribution >= 0.6 is 0 Å². The number of hydrogen-bond acceptors (Lipinski definition) is 5. The lowest BCUT2D eigenvalue weighted by Gasteiger charge is -2.27. The third kappa shape index (κ3) is 5.42. The first-order valence-electron chi connectivity index (χ1n) is 9.13. The Bertz CT molecular complexity index is 573. The molecule has 7 heteroatoms. The standard InChI is InChI=1S/C19H31N3O4/c1-5-20-19(22-14-6-8-15(23)9-7-14)21-12-13-10-16(24-2)18(26-4)17(11-13)25-3/h10-11,14-15,23H,5-9,12H2,1-4H3,(H2,20,21,22). The van der Waals surface area contributed by atoms with Crippen LogP contribution in [0.1, 0.15) is 38.2 Å². The van der Waals surface area contributed by atoms with Crippen LogP contribution < -0.4 is 24.8 Å². The van der Waals surface area contributed by atoms with Crippen molar-refractivity contribution in [3.05, 3.63) is 17.7 Å². The number of nitrogens with one attached hydrogen (secondary N) is 2. The molecule has 1 saturated carbocycles. The SMILES string of the molecule is CCNC(=NCc1cc(OC)c(OC)c(OC)c1)NC1CCC(O)CC1. The van der Waals surface area contributed by atoms with Gasteiger partial charge in [-0.1, -0.05) is 0 Å². The lowest BCUT2D eigenvalue weighted by Crippen LogP contribution is -2.45. The number of aliphatic hydroxyl groups excluding tert-OH is 1. The molecule has 0 aliphatic heterocycles. The summed E-state index contributed by atoms with van der Waals surface area (Å²) in [6, 6.07) is 4.16. The van der Waals surface area contributed by atoms with Crippen LogP contribution in [-0.2, 0) is 6.54 Å². The van der Waals surface area contributed by atoms with Gasteiger partial charge in [0.05, 0.1) is 34.0 Å². The normalized spacial score (nSPS) is 20.4. The van der Waals surface area contributed by atoms with Gasteiger partial charge in [-0.3, -0.25) is 0 Å². The number of ether oxygens (including phenoxy) is 3. The highest BCUT2D eigenvalue weighted by Gasteiger charge is 2.20. The molecule has 0 unspecified atom stereocenters. The van der Waals surface area contributed by atoms with Gasteiger partial charge in [0.2, 0.25) is 5.75 Å². The molecule has 0 saturated heterocycles. The summed E-state index contributed by atoms with van der Waals surface area (Å²) in [4.78, 5) is 4.68. The summed E-state index contributed by atoms with van der Waals surface area (Å²) in [5.41, 5.74) is 0.968. The second kappa shape index (κ2) is 10.1. The van der Waals surface area contributed by atoms with E-state index in [9.17, 15) is 5.11 Å². The van der Waals surface area contributed by atoms with Gasteiger partial charge < -0.3 is 30.0 Å². The summed E-state index contributed by atoms with van der Waals surface area (Å²) in [6.45, 7) is 3.32. The van der Waals surface area contributed by atoms with Gasteiger partial charge in [-0.25, -0.2) is 4.99 Å². The molecule has 0 aromatic heterocycles. The van der Waals surface area contributed by atoms with Crippen molar-refractivity contribution in [3.63, 3.8) is 0 Å². The van der Waals surface area contributed by atoms with E-state index >= 15 is 0 Å². The summed E-state index contributed by atoms with van der Waals surface area (Å²) in [7, 11) is 4.80. The fourth-order valence-electron chi connectivity index (χ4n) is 3.13. The van der Waals surface area contributed by atoms with Crippen molar-refractivity contribution in [2.45, 2.75) is 51.3 Å². The van der Waals surface area contributed by atoms with Crippen LogP contribution in [0.4, 0.5) is 0 Å². The number of guanidine groups is 1. The molecule has 1 aliphatic carbocycles. The molecule has 2 rings (SSSR count). The van der Waals surface area contributed by atoms with Crippen LogP contribution in [0.3, 0.4) is 0 Å². The van der Waals surface area contributed by atoms with E-state index < -0.39 is 0 Å². The first-order chi connectivity index (χ1) is 12.6. The lowest BCUT2D eigenvalue weighted by molar-refractivity contribution is 0.120. The van der Waals surface area contributed by atoms with E-state index in [0.29, 0.717) is 29.8 Å². The molecule has 0 bridgehead atoms. The van der Waals surface area contributed by atoms with E-state index in [4.69, 9.17) is 14.2 Å². The number of benzene rings is 1. The van der Waals surface area contributed by atoms with Crippen molar-refractivity contribution in [2.75, 3.05) is 27.9 Å². The quantitative estimate of drug-likeness (QED) is 0.507. The molecule has 0 amide bonds. The predicted molar refractivity (Wildman–Crippen MR) is 102 cm³/mol. The number of methoxy groups -OCH3 is 3. The van der Waals surface area contributed by atoms with Crippen molar-refractivity contribution >= 4 is 5.96 Å². The van der Waals surface area contributed by atoms with Gasteiger partial charge in [0.25, 0.3) is 0 Å². The maximum Gasteiger partial charge on any atom is 0.203 e. The van der Waals surface area contributed by atoms with E-state index in [1.165, 1.54) is 0 Å². The van der Waals surface area contributed by atoms with Crippen LogP contribution in [0.5, 0.6) is 17.2 Å². The Morgan fingerprint density at radius 3 is 2.19 bits per heavy atom. The van der Waals surface area contributed by atoms with Crippen molar-refractivity contribution in [2.24, 2.45) is 4.99 Å². The fraction of sp³-hybridized carbons (Fsp3) is 0.632. The minimum absolute atomic E-state index is 0.160. The minimum Gasteiger partial charge on any atom is -0.493 e. The molecule has 1 aromatic carbocycles. The smallest absolute Gasteiger partial charge is 0.203 e. The number of nitrogens with zero attached hydrogens (tertiary/aromatic N) is 1. The zero-order chi connectivity index (χ0) is 18.9. The van der Waals surface area contributed by atoms with Gasteiger partial charge in [-0.2, -0.15) is 0 Å². The summed E-state index contributed by atoms with van der Waals surface area (Å²) < 4.78 is 16.1. The molecule has 0 heterocycles. The number of hydrogen-bond donors (Lipinski definition) is 3. The summed E-state index contributed by atoms with van der Waals surface area (Å²) in [5.74, 6) is 2.60. The number of rotatable bonds is 7. The number of aliphatic hydroxyl groups is 1. The van der Waals surface area contributed by atoms with Gasteiger partial charge in [-0.05, 0) is 50.3 Å². The van der Waals surface area contributed by atoms with Crippen molar-refractivity contribution in [1.29, 1.82) is 0 Å². The van der Waals surface area contributed by atoms with E-state index in [2.05, 4.69) is 15.6 Å². The molecule has 3 N–H and O–H groups in total. The van der Waals surface area contributed by atoms with Crippen LogP contribution in [-0.4, -0.2) is 51.1 Å². The van der Waals surface area contributed by atoms with Crippen LogP contribution in [0.25, 0.3) is 0 Å². The van der Waals surface area contributed by atoms with E-state index in [1.807, 2.05) is 19.1 Å². The Balaban J connectivity index is 2.10. The van der Waals surface area contributed by atoms with Crippen molar-refractivity contribution < 1.29 is 19.3 Å². The maximum absolute atomic E-state index is 9.65. The second-order valence-corrected chi connectivity index (χ2v) is 6.38. The molecule has 1 aromatic rings. The zero-order valence-electron chi connectivity index (χ0n) is 16.2. The highest BCUT2D eigenvalue weighted by molar-refractivity contribution is 5.80. The average molecular weight is 365 g/mol. The van der Waals surface area contributed by atoms with E-state index in [1.54, 1.807) is 21.3 Å². The first-order valence-corrected chi connectivity index (χ1v) is 9.13. The third-order valence-corrected chi connectivity index (χ3v) is 4.53. The Hall–Kier alpha value is -2.15. The summed E-state index contributed by atoms with van der Waals surface area (Å²) in [5, 5.41) is 16.4. The molecule has 7 nitrogen and oxygen atoms in total. The molecule has 0 spiro atoms. The van der Waals surface area contributed by atoms with Gasteiger partial charge in [0, 0.05) is 12.6 Å². The van der Waals surface area contributed by atoms with Gasteiger partial charge >= 0.3 is 0 Å². The summed E-state index contributed by atoms with van der Waals surface area (Å²) in [6.07, 6.45) is 3.42. The minimum atomic E-state index is -0.160. The molecule has 1 aliphatic rings. The largest absolute Gasteiger partial charge is 0.493 e. The second-order valence-electron chi connectivity index (χ2n) is 6.38. The Morgan fingerprint density at radius 2 is 1.69 bits per heavy atom. The maximum atomic E-state index is 9.65. The molecule has 0 atom stereocenters. The van der Waals surface area contributed by atoms with Gasteiger partial charge in [0.1, 0.15) is 0 Å². The molecule has 0 radical (unpaired) electrons. The average Bonchev–Trinajstić information content (AvgIpc) is 2.67. The van der Waals surface area contributed by atoms with Gasteiger partial charge in [-0.15, -0.1) is 0 Å². The van der Waals surface area contributed by atoms with Gasteiger partial charge in [0.15, 0.2) is 17.5 Å².